The van der Waals surface area contributed by atoms with E-state index < -0.39 is 6.43 Å². The predicted molar refractivity (Wildman–Crippen MR) is 38.8 cm³/mol. The number of pyridine rings is 1. The summed E-state index contributed by atoms with van der Waals surface area (Å²) in [5.41, 5.74) is 0.950. The van der Waals surface area contributed by atoms with Gasteiger partial charge in [0, 0.05) is 0 Å². The fourth-order valence-electron chi connectivity index (χ4n) is 0.973. The standard InChI is InChI=1S/C7H5F2N3/c8-7(9)5-1-4-6(2-10-5)12-3-11-4/h1-3,7H,(H,11,12). The van der Waals surface area contributed by atoms with Crippen molar-refractivity contribution in [3.63, 3.8) is 0 Å². The summed E-state index contributed by atoms with van der Waals surface area (Å²) in [6.45, 7) is 0. The molecule has 0 saturated heterocycles. The molecule has 0 amide bonds. The largest absolute Gasteiger partial charge is 0.344 e. The Bertz CT molecular complexity index is 396. The topological polar surface area (TPSA) is 41.6 Å². The van der Waals surface area contributed by atoms with Crippen LogP contribution in [0, 0.1) is 0 Å². The minimum Gasteiger partial charge on any atom is -0.344 e. The molecule has 0 aromatic carbocycles. The third kappa shape index (κ3) is 1.03. The second kappa shape index (κ2) is 2.51. The van der Waals surface area contributed by atoms with Crippen molar-refractivity contribution >= 4 is 11.0 Å². The molecule has 0 saturated carbocycles. The molecule has 62 valence electrons. The first-order valence-electron chi connectivity index (χ1n) is 3.34. The Balaban J connectivity index is 2.60. The van der Waals surface area contributed by atoms with Gasteiger partial charge < -0.3 is 4.98 Å². The van der Waals surface area contributed by atoms with Gasteiger partial charge in [-0.1, -0.05) is 0 Å². The summed E-state index contributed by atoms with van der Waals surface area (Å²) >= 11 is 0. The lowest BCUT2D eigenvalue weighted by molar-refractivity contribution is 0.146. The Morgan fingerprint density at radius 1 is 1.33 bits per heavy atom. The fraction of sp³-hybridized carbons (Fsp3) is 0.143. The van der Waals surface area contributed by atoms with E-state index in [9.17, 15) is 8.78 Å². The van der Waals surface area contributed by atoms with Crippen molar-refractivity contribution in [3.05, 3.63) is 24.3 Å². The summed E-state index contributed by atoms with van der Waals surface area (Å²) in [5.74, 6) is 0. The molecule has 0 bridgehead atoms. The molecule has 0 fully saturated rings. The van der Waals surface area contributed by atoms with E-state index in [4.69, 9.17) is 0 Å². The molecule has 3 nitrogen and oxygen atoms in total. The highest BCUT2D eigenvalue weighted by atomic mass is 19.3. The van der Waals surface area contributed by atoms with Gasteiger partial charge in [0.05, 0.1) is 18.0 Å². The molecule has 1 N–H and O–H groups in total. The third-order valence-corrected chi connectivity index (χ3v) is 1.55. The number of hydrogen-bond acceptors (Lipinski definition) is 2. The molecule has 12 heavy (non-hydrogen) atoms. The van der Waals surface area contributed by atoms with Crippen LogP contribution in [0.15, 0.2) is 18.6 Å². The highest BCUT2D eigenvalue weighted by Crippen LogP contribution is 2.18. The third-order valence-electron chi connectivity index (χ3n) is 1.55. The molecule has 0 unspecified atom stereocenters. The van der Waals surface area contributed by atoms with Gasteiger partial charge in [-0.05, 0) is 6.07 Å². The van der Waals surface area contributed by atoms with Gasteiger partial charge in [0.15, 0.2) is 0 Å². The molecule has 0 aliphatic carbocycles. The highest BCUT2D eigenvalue weighted by Gasteiger charge is 2.09. The Kier molecular flexibility index (Phi) is 1.49. The van der Waals surface area contributed by atoms with Crippen LogP contribution in [0.1, 0.15) is 12.1 Å². The molecule has 0 spiro atoms. The minimum absolute atomic E-state index is 0.230. The zero-order valence-electron chi connectivity index (χ0n) is 5.96. The second-order valence-electron chi connectivity index (χ2n) is 2.33. The lowest BCUT2D eigenvalue weighted by atomic mass is 10.3. The molecule has 2 aromatic rings. The molecule has 2 rings (SSSR count). The summed E-state index contributed by atoms with van der Waals surface area (Å²) < 4.78 is 24.2. The number of hydrogen-bond donors (Lipinski definition) is 1. The van der Waals surface area contributed by atoms with Crippen molar-refractivity contribution in [1.82, 2.24) is 15.0 Å². The van der Waals surface area contributed by atoms with Crippen LogP contribution in [0.2, 0.25) is 0 Å². The van der Waals surface area contributed by atoms with E-state index >= 15 is 0 Å². The van der Waals surface area contributed by atoms with Gasteiger partial charge in [-0.2, -0.15) is 0 Å². The van der Waals surface area contributed by atoms with Crippen LogP contribution < -0.4 is 0 Å². The quantitative estimate of drug-likeness (QED) is 0.708. The zero-order valence-corrected chi connectivity index (χ0v) is 5.96. The summed E-state index contributed by atoms with van der Waals surface area (Å²) in [5, 5.41) is 0. The van der Waals surface area contributed by atoms with Crippen LogP contribution in [0.3, 0.4) is 0 Å². The molecule has 0 aliphatic rings. The van der Waals surface area contributed by atoms with Gasteiger partial charge in [0.2, 0.25) is 0 Å². The predicted octanol–water partition coefficient (Wildman–Crippen LogP) is 1.90. The summed E-state index contributed by atoms with van der Waals surface area (Å²) in [6, 6.07) is 1.30. The van der Waals surface area contributed by atoms with E-state index in [-0.39, 0.29) is 5.69 Å². The van der Waals surface area contributed by atoms with Gasteiger partial charge in [0.25, 0.3) is 6.43 Å². The number of alkyl halides is 2. The van der Waals surface area contributed by atoms with E-state index in [0.717, 1.165) is 0 Å². The van der Waals surface area contributed by atoms with Crippen LogP contribution in [0.4, 0.5) is 8.78 Å². The average Bonchev–Trinajstić information content (AvgIpc) is 2.49. The van der Waals surface area contributed by atoms with Crippen LogP contribution >= 0.6 is 0 Å². The summed E-state index contributed by atoms with van der Waals surface area (Å²) in [4.78, 5) is 10.1. The number of aromatic amines is 1. The molecule has 5 heteroatoms. The number of nitrogens with one attached hydrogen (secondary N) is 1. The molecular formula is C7H5F2N3. The number of halogens is 2. The molecular weight excluding hydrogens is 164 g/mol. The maximum absolute atomic E-state index is 12.1. The Labute approximate surface area is 66.5 Å². The molecule has 0 radical (unpaired) electrons. The number of aromatic nitrogens is 3. The van der Waals surface area contributed by atoms with E-state index in [1.54, 1.807) is 0 Å². The van der Waals surface area contributed by atoms with Crippen LogP contribution in [0.5, 0.6) is 0 Å². The normalized spacial score (nSPS) is 11.2. The number of fused-ring (bicyclic) bond motifs is 1. The van der Waals surface area contributed by atoms with Crippen molar-refractivity contribution in [3.8, 4) is 0 Å². The van der Waals surface area contributed by atoms with Gasteiger partial charge >= 0.3 is 0 Å². The molecule has 2 aromatic heterocycles. The van der Waals surface area contributed by atoms with Crippen molar-refractivity contribution in [2.45, 2.75) is 6.43 Å². The van der Waals surface area contributed by atoms with E-state index in [2.05, 4.69) is 15.0 Å². The fourth-order valence-corrected chi connectivity index (χ4v) is 0.973. The number of nitrogens with zero attached hydrogens (tertiary/aromatic N) is 2. The lowest BCUT2D eigenvalue weighted by Gasteiger charge is -1.96. The number of imidazole rings is 1. The van der Waals surface area contributed by atoms with Crippen LogP contribution in [0.25, 0.3) is 11.0 Å². The van der Waals surface area contributed by atoms with E-state index in [1.807, 2.05) is 0 Å². The summed E-state index contributed by atoms with van der Waals surface area (Å²) in [7, 11) is 0. The smallest absolute Gasteiger partial charge is 0.280 e. The van der Waals surface area contributed by atoms with E-state index in [1.165, 1.54) is 18.6 Å². The average molecular weight is 169 g/mol. The van der Waals surface area contributed by atoms with Crippen LogP contribution in [-0.4, -0.2) is 15.0 Å². The Hall–Kier alpha value is -1.52. The van der Waals surface area contributed by atoms with Crippen LogP contribution in [-0.2, 0) is 0 Å². The first-order chi connectivity index (χ1) is 5.77. The van der Waals surface area contributed by atoms with E-state index in [0.29, 0.717) is 11.0 Å². The molecule has 0 atom stereocenters. The van der Waals surface area contributed by atoms with Gasteiger partial charge in [-0.25, -0.2) is 13.8 Å². The first-order valence-corrected chi connectivity index (χ1v) is 3.34. The Morgan fingerprint density at radius 2 is 2.17 bits per heavy atom. The monoisotopic (exact) mass is 169 g/mol. The molecule has 0 aliphatic heterocycles. The van der Waals surface area contributed by atoms with Crippen molar-refractivity contribution < 1.29 is 8.78 Å². The number of H-pyrrole nitrogens is 1. The second-order valence-corrected chi connectivity index (χ2v) is 2.33. The van der Waals surface area contributed by atoms with Crippen molar-refractivity contribution in [2.75, 3.05) is 0 Å². The van der Waals surface area contributed by atoms with Crippen molar-refractivity contribution in [2.24, 2.45) is 0 Å². The molecule has 2 heterocycles. The van der Waals surface area contributed by atoms with Gasteiger partial charge in [0.1, 0.15) is 11.2 Å². The lowest BCUT2D eigenvalue weighted by Crippen LogP contribution is -1.88. The minimum atomic E-state index is -2.53. The maximum atomic E-state index is 12.1. The van der Waals surface area contributed by atoms with Gasteiger partial charge in [-0.15, -0.1) is 0 Å². The Morgan fingerprint density at radius 3 is 2.92 bits per heavy atom. The number of rotatable bonds is 1. The SMILES string of the molecule is FC(F)c1cc2[nH]cnc2cn1. The van der Waals surface area contributed by atoms with Crippen molar-refractivity contribution in [1.29, 1.82) is 0 Å². The zero-order chi connectivity index (χ0) is 8.55. The summed E-state index contributed by atoms with van der Waals surface area (Å²) in [6.07, 6.45) is 0.243. The first kappa shape index (κ1) is 7.15. The highest BCUT2D eigenvalue weighted by molar-refractivity contribution is 5.73. The maximum Gasteiger partial charge on any atom is 0.280 e. The van der Waals surface area contributed by atoms with Gasteiger partial charge in [-0.3, -0.25) is 4.98 Å².